The lowest BCUT2D eigenvalue weighted by molar-refractivity contribution is 0.947. The van der Waals surface area contributed by atoms with Gasteiger partial charge in [-0.05, 0) is 6.42 Å². The van der Waals surface area contributed by atoms with Crippen molar-refractivity contribution < 1.29 is 0 Å². The van der Waals surface area contributed by atoms with E-state index in [1.807, 2.05) is 11.8 Å². The van der Waals surface area contributed by atoms with E-state index in [1.165, 1.54) is 6.42 Å². The van der Waals surface area contributed by atoms with Crippen molar-refractivity contribution >= 4 is 37.0 Å². The molecule has 0 saturated carbocycles. The second kappa shape index (κ2) is 1.78. The molecule has 0 nitrogen and oxygen atoms in total. The number of thiol groups is 2. The Balaban J connectivity index is 2.30. The minimum absolute atomic E-state index is 0.0226. The summed E-state index contributed by atoms with van der Waals surface area (Å²) in [5, 5.41) is 0.694. The molecule has 7 heavy (non-hydrogen) atoms. The summed E-state index contributed by atoms with van der Waals surface area (Å²) in [4.78, 5) is 0. The van der Waals surface area contributed by atoms with Gasteiger partial charge in [0.2, 0.25) is 0 Å². The molecule has 0 bridgehead atoms. The van der Waals surface area contributed by atoms with Gasteiger partial charge in [0.15, 0.2) is 0 Å². The standard InChI is InChI=1S/C4H8S3/c1-2-3-4(5,6)7-3/h3,5-6H,2H2,1H3. The lowest BCUT2D eigenvalue weighted by atomic mass is 10.4. The van der Waals surface area contributed by atoms with Gasteiger partial charge in [-0.25, -0.2) is 0 Å². The Hall–Kier alpha value is 1.05. The maximum Gasteiger partial charge on any atom is 0.113 e. The summed E-state index contributed by atoms with van der Waals surface area (Å²) in [6.45, 7) is 2.16. The average molecular weight is 152 g/mol. The lowest BCUT2D eigenvalue weighted by Crippen LogP contribution is -1.92. The molecule has 1 saturated heterocycles. The van der Waals surface area contributed by atoms with E-state index in [2.05, 4.69) is 32.2 Å². The highest BCUT2D eigenvalue weighted by atomic mass is 32.2. The smallest absolute Gasteiger partial charge is 0.113 e. The highest BCUT2D eigenvalue weighted by Crippen LogP contribution is 2.60. The van der Waals surface area contributed by atoms with Crippen molar-refractivity contribution in [3.63, 3.8) is 0 Å². The van der Waals surface area contributed by atoms with E-state index in [4.69, 9.17) is 0 Å². The van der Waals surface area contributed by atoms with Crippen molar-refractivity contribution in [2.75, 3.05) is 0 Å². The minimum Gasteiger partial charge on any atom is -0.150 e. The van der Waals surface area contributed by atoms with Crippen LogP contribution in [0.1, 0.15) is 13.3 Å². The fourth-order valence-electron chi connectivity index (χ4n) is 0.525. The second-order valence-corrected chi connectivity index (χ2v) is 5.49. The van der Waals surface area contributed by atoms with Gasteiger partial charge in [0.25, 0.3) is 0 Å². The van der Waals surface area contributed by atoms with Gasteiger partial charge in [-0.2, -0.15) is 25.3 Å². The Labute approximate surface area is 59.3 Å². The molecule has 0 spiro atoms. The van der Waals surface area contributed by atoms with Crippen LogP contribution in [0, 0.1) is 0 Å². The molecule has 0 aliphatic carbocycles. The quantitative estimate of drug-likeness (QED) is 0.329. The molecule has 1 heterocycles. The summed E-state index contributed by atoms with van der Waals surface area (Å²) in [6, 6.07) is 0. The molecule has 1 aliphatic rings. The maximum atomic E-state index is 4.24. The van der Waals surface area contributed by atoms with Gasteiger partial charge in [-0.1, -0.05) is 6.92 Å². The highest BCUT2D eigenvalue weighted by molar-refractivity contribution is 8.31. The number of thioether (sulfide) groups is 1. The van der Waals surface area contributed by atoms with Crippen molar-refractivity contribution in [3.05, 3.63) is 0 Å². The Morgan fingerprint density at radius 2 is 2.14 bits per heavy atom. The molecule has 42 valence electrons. The van der Waals surface area contributed by atoms with Crippen LogP contribution in [-0.4, -0.2) is 8.66 Å². The van der Waals surface area contributed by atoms with Crippen molar-refractivity contribution in [3.8, 4) is 0 Å². The van der Waals surface area contributed by atoms with Gasteiger partial charge >= 0.3 is 0 Å². The molecule has 1 fully saturated rings. The first kappa shape index (κ1) is 6.17. The predicted molar refractivity (Wildman–Crippen MR) is 42.4 cm³/mol. The van der Waals surface area contributed by atoms with Crippen LogP contribution in [0.15, 0.2) is 0 Å². The third kappa shape index (κ3) is 1.24. The van der Waals surface area contributed by atoms with Crippen LogP contribution in [0.3, 0.4) is 0 Å². The third-order valence-corrected chi connectivity index (χ3v) is 4.00. The highest BCUT2D eigenvalue weighted by Gasteiger charge is 2.48. The first-order chi connectivity index (χ1) is 3.17. The fourth-order valence-corrected chi connectivity index (χ4v) is 2.34. The molecule has 0 aromatic heterocycles. The molecule has 0 aromatic carbocycles. The number of rotatable bonds is 1. The summed E-state index contributed by atoms with van der Waals surface area (Å²) in [5.74, 6) is 0. The molecular formula is C4H8S3. The molecule has 0 amide bonds. The van der Waals surface area contributed by atoms with Crippen LogP contribution in [0.4, 0.5) is 0 Å². The van der Waals surface area contributed by atoms with E-state index in [1.54, 1.807) is 0 Å². The van der Waals surface area contributed by atoms with Gasteiger partial charge in [-0.3, -0.25) is 0 Å². The summed E-state index contributed by atoms with van der Waals surface area (Å²) < 4.78 is 0.0226. The van der Waals surface area contributed by atoms with Gasteiger partial charge in [0, 0.05) is 5.25 Å². The minimum atomic E-state index is 0.0226. The first-order valence-corrected chi connectivity index (χ1v) is 4.07. The van der Waals surface area contributed by atoms with Crippen molar-refractivity contribution in [2.24, 2.45) is 0 Å². The van der Waals surface area contributed by atoms with Crippen LogP contribution in [0.25, 0.3) is 0 Å². The maximum absolute atomic E-state index is 4.24. The van der Waals surface area contributed by atoms with Crippen LogP contribution in [0.2, 0.25) is 0 Å². The summed E-state index contributed by atoms with van der Waals surface area (Å²) >= 11 is 10.3. The van der Waals surface area contributed by atoms with Gasteiger partial charge in [0.1, 0.15) is 3.41 Å². The first-order valence-electron chi connectivity index (χ1n) is 2.29. The fraction of sp³-hybridized carbons (Fsp3) is 1.00. The summed E-state index contributed by atoms with van der Waals surface area (Å²) in [6.07, 6.45) is 1.19. The van der Waals surface area contributed by atoms with E-state index < -0.39 is 0 Å². The monoisotopic (exact) mass is 152 g/mol. The van der Waals surface area contributed by atoms with Gasteiger partial charge in [-0.15, -0.1) is 11.8 Å². The lowest BCUT2D eigenvalue weighted by Gasteiger charge is -1.90. The average Bonchev–Trinajstić information content (AvgIpc) is 2.13. The largest absolute Gasteiger partial charge is 0.150 e. The van der Waals surface area contributed by atoms with Gasteiger partial charge in [0.05, 0.1) is 0 Å². The Morgan fingerprint density at radius 3 is 2.14 bits per heavy atom. The summed E-state index contributed by atoms with van der Waals surface area (Å²) in [5.41, 5.74) is 0. The van der Waals surface area contributed by atoms with E-state index in [-0.39, 0.29) is 3.41 Å². The summed E-state index contributed by atoms with van der Waals surface area (Å²) in [7, 11) is 0. The van der Waals surface area contributed by atoms with Crippen LogP contribution in [-0.2, 0) is 0 Å². The third-order valence-electron chi connectivity index (χ3n) is 1.05. The molecule has 3 heteroatoms. The number of hydrogen-bond donors (Lipinski definition) is 2. The Morgan fingerprint density at radius 1 is 1.71 bits per heavy atom. The second-order valence-electron chi connectivity index (χ2n) is 1.67. The zero-order chi connectivity index (χ0) is 5.49. The molecule has 0 N–H and O–H groups in total. The van der Waals surface area contributed by atoms with E-state index in [9.17, 15) is 0 Å². The Kier molecular flexibility index (Phi) is 1.57. The molecule has 1 aliphatic heterocycles. The van der Waals surface area contributed by atoms with E-state index in [0.29, 0.717) is 5.25 Å². The van der Waals surface area contributed by atoms with Crippen LogP contribution >= 0.6 is 37.0 Å². The molecule has 1 atom stereocenters. The topological polar surface area (TPSA) is 0 Å². The normalized spacial score (nSPS) is 35.6. The number of hydrogen-bond acceptors (Lipinski definition) is 3. The van der Waals surface area contributed by atoms with Gasteiger partial charge < -0.3 is 0 Å². The molecule has 1 unspecified atom stereocenters. The van der Waals surface area contributed by atoms with E-state index >= 15 is 0 Å². The van der Waals surface area contributed by atoms with E-state index in [0.717, 1.165) is 0 Å². The zero-order valence-corrected chi connectivity index (χ0v) is 6.69. The van der Waals surface area contributed by atoms with Crippen LogP contribution < -0.4 is 0 Å². The molecular weight excluding hydrogens is 144 g/mol. The molecule has 0 radical (unpaired) electrons. The zero-order valence-electron chi connectivity index (χ0n) is 4.09. The van der Waals surface area contributed by atoms with Crippen LogP contribution in [0.5, 0.6) is 0 Å². The molecule has 1 rings (SSSR count). The predicted octanol–water partition coefficient (Wildman–Crippen LogP) is 2.03. The Bertz CT molecular complexity index is 79.0. The SMILES string of the molecule is CCC1SC1(S)S. The van der Waals surface area contributed by atoms with Crippen molar-refractivity contribution in [1.29, 1.82) is 0 Å². The molecule has 0 aromatic rings. The van der Waals surface area contributed by atoms with Crippen molar-refractivity contribution in [2.45, 2.75) is 22.0 Å². The van der Waals surface area contributed by atoms with Crippen molar-refractivity contribution in [1.82, 2.24) is 0 Å².